The number of sulfonamides is 1. The number of hydrogen-bond donors (Lipinski definition) is 1. The number of carbonyl (C=O) groups excluding carboxylic acids is 1. The SMILES string of the molecule is CC(NC(=O)C1CCCN1S(=O)(=O)c1ccccc1)c1cc(F)c(Cl)cc1Cl. The summed E-state index contributed by atoms with van der Waals surface area (Å²) in [6, 6.07) is 9.00. The number of nitrogens with zero attached hydrogens (tertiary/aromatic N) is 1. The van der Waals surface area contributed by atoms with E-state index in [4.69, 9.17) is 23.2 Å². The van der Waals surface area contributed by atoms with Crippen molar-refractivity contribution in [1.29, 1.82) is 0 Å². The van der Waals surface area contributed by atoms with Crippen molar-refractivity contribution in [1.82, 2.24) is 9.62 Å². The average Bonchev–Trinajstić information content (AvgIpc) is 3.16. The minimum absolute atomic E-state index is 0.108. The highest BCUT2D eigenvalue weighted by atomic mass is 35.5. The molecule has 5 nitrogen and oxygen atoms in total. The van der Waals surface area contributed by atoms with Crippen LogP contribution in [0.3, 0.4) is 0 Å². The monoisotopic (exact) mass is 444 g/mol. The third-order valence-electron chi connectivity index (χ3n) is 4.72. The molecule has 2 unspecified atom stereocenters. The molecule has 2 aromatic rings. The molecule has 1 amide bonds. The lowest BCUT2D eigenvalue weighted by atomic mass is 10.1. The second kappa shape index (κ2) is 8.37. The van der Waals surface area contributed by atoms with Gasteiger partial charge >= 0.3 is 0 Å². The molecule has 0 aromatic heterocycles. The fourth-order valence-corrected chi connectivity index (χ4v) is 5.50. The Kier molecular flexibility index (Phi) is 6.29. The predicted octanol–water partition coefficient (Wildman–Crippen LogP) is 4.16. The summed E-state index contributed by atoms with van der Waals surface area (Å²) in [6.45, 7) is 1.91. The van der Waals surface area contributed by atoms with Gasteiger partial charge in [0.1, 0.15) is 11.9 Å². The Morgan fingerprint density at radius 1 is 1.21 bits per heavy atom. The van der Waals surface area contributed by atoms with Crippen LogP contribution in [0.5, 0.6) is 0 Å². The minimum atomic E-state index is -3.78. The number of carbonyl (C=O) groups is 1. The fraction of sp³-hybridized carbons (Fsp3) is 0.316. The van der Waals surface area contributed by atoms with Crippen molar-refractivity contribution in [3.05, 3.63) is 63.9 Å². The van der Waals surface area contributed by atoms with Gasteiger partial charge in [0.05, 0.1) is 16.0 Å². The summed E-state index contributed by atoms with van der Waals surface area (Å²) < 4.78 is 40.8. The largest absolute Gasteiger partial charge is 0.348 e. The lowest BCUT2D eigenvalue weighted by Crippen LogP contribution is -2.46. The Morgan fingerprint density at radius 3 is 2.57 bits per heavy atom. The number of rotatable bonds is 5. The third kappa shape index (κ3) is 4.17. The first-order valence-corrected chi connectivity index (χ1v) is 10.9. The van der Waals surface area contributed by atoms with Crippen LogP contribution >= 0.6 is 23.2 Å². The van der Waals surface area contributed by atoms with E-state index in [-0.39, 0.29) is 21.5 Å². The Hall–Kier alpha value is -1.67. The van der Waals surface area contributed by atoms with Crippen LogP contribution in [-0.4, -0.2) is 31.2 Å². The molecule has 3 rings (SSSR count). The Balaban J connectivity index is 1.79. The van der Waals surface area contributed by atoms with E-state index in [1.165, 1.54) is 28.6 Å². The zero-order valence-corrected chi connectivity index (χ0v) is 17.4. The van der Waals surface area contributed by atoms with Crippen molar-refractivity contribution in [2.75, 3.05) is 6.54 Å². The van der Waals surface area contributed by atoms with Gasteiger partial charge in [-0.2, -0.15) is 4.31 Å². The highest BCUT2D eigenvalue weighted by Gasteiger charge is 2.39. The number of benzene rings is 2. The molecule has 0 spiro atoms. The van der Waals surface area contributed by atoms with E-state index in [1.807, 2.05) is 0 Å². The second-order valence-electron chi connectivity index (χ2n) is 6.60. The van der Waals surface area contributed by atoms with Crippen molar-refractivity contribution in [3.8, 4) is 0 Å². The standard InChI is InChI=1S/C19H19Cl2FN2O3S/c1-12(14-10-17(22)16(21)11-15(14)20)23-19(25)18-8-5-9-24(18)28(26,27)13-6-3-2-4-7-13/h2-4,6-7,10-12,18H,5,8-9H2,1H3,(H,23,25). The Bertz CT molecular complexity index is 986. The first kappa shape index (κ1) is 21.0. The molecule has 0 bridgehead atoms. The van der Waals surface area contributed by atoms with Crippen molar-refractivity contribution in [2.24, 2.45) is 0 Å². The average molecular weight is 445 g/mol. The Morgan fingerprint density at radius 2 is 1.89 bits per heavy atom. The molecule has 9 heteroatoms. The summed E-state index contributed by atoms with van der Waals surface area (Å²) in [5, 5.41) is 2.85. The number of amides is 1. The van der Waals surface area contributed by atoms with Gasteiger partial charge in [0, 0.05) is 11.6 Å². The van der Waals surface area contributed by atoms with E-state index in [2.05, 4.69) is 5.32 Å². The Labute approximate surface area is 173 Å². The molecular weight excluding hydrogens is 426 g/mol. The van der Waals surface area contributed by atoms with Gasteiger partial charge in [-0.1, -0.05) is 41.4 Å². The van der Waals surface area contributed by atoms with Crippen LogP contribution in [0.15, 0.2) is 47.4 Å². The van der Waals surface area contributed by atoms with Gasteiger partial charge in [-0.05, 0) is 49.6 Å². The van der Waals surface area contributed by atoms with Gasteiger partial charge < -0.3 is 5.32 Å². The molecule has 1 N–H and O–H groups in total. The smallest absolute Gasteiger partial charge is 0.243 e. The van der Waals surface area contributed by atoms with Crippen molar-refractivity contribution >= 4 is 39.1 Å². The summed E-state index contributed by atoms with van der Waals surface area (Å²) in [6.07, 6.45) is 0.988. The molecule has 1 heterocycles. The van der Waals surface area contributed by atoms with Crippen molar-refractivity contribution in [3.63, 3.8) is 0 Å². The van der Waals surface area contributed by atoms with E-state index < -0.39 is 33.8 Å². The fourth-order valence-electron chi connectivity index (χ4n) is 3.27. The van der Waals surface area contributed by atoms with Gasteiger partial charge in [-0.3, -0.25) is 4.79 Å². The highest BCUT2D eigenvalue weighted by molar-refractivity contribution is 7.89. The number of halogens is 3. The normalized spacial score (nSPS) is 18.8. The lowest BCUT2D eigenvalue weighted by Gasteiger charge is -2.25. The van der Waals surface area contributed by atoms with Gasteiger partial charge in [-0.25, -0.2) is 12.8 Å². The second-order valence-corrected chi connectivity index (χ2v) is 9.31. The summed E-state index contributed by atoms with van der Waals surface area (Å²) in [7, 11) is -3.78. The maximum Gasteiger partial charge on any atom is 0.243 e. The van der Waals surface area contributed by atoms with Crippen LogP contribution in [0.2, 0.25) is 10.0 Å². The van der Waals surface area contributed by atoms with Crippen LogP contribution in [-0.2, 0) is 14.8 Å². The molecular formula is C19H19Cl2FN2O3S. The first-order valence-electron chi connectivity index (χ1n) is 8.73. The quantitative estimate of drug-likeness (QED) is 0.703. The third-order valence-corrected chi connectivity index (χ3v) is 7.26. The summed E-state index contributed by atoms with van der Waals surface area (Å²) >= 11 is 11.8. The predicted molar refractivity (Wildman–Crippen MR) is 106 cm³/mol. The molecule has 1 aliphatic rings. The molecule has 1 saturated heterocycles. The van der Waals surface area contributed by atoms with Gasteiger partial charge in [0.15, 0.2) is 0 Å². The minimum Gasteiger partial charge on any atom is -0.348 e. The maximum absolute atomic E-state index is 13.8. The van der Waals surface area contributed by atoms with Crippen LogP contribution < -0.4 is 5.32 Å². The molecule has 150 valence electrons. The molecule has 1 fully saturated rings. The van der Waals surface area contributed by atoms with E-state index in [0.29, 0.717) is 18.4 Å². The van der Waals surface area contributed by atoms with Crippen LogP contribution in [0.1, 0.15) is 31.4 Å². The van der Waals surface area contributed by atoms with Crippen LogP contribution in [0, 0.1) is 5.82 Å². The zero-order chi connectivity index (χ0) is 20.5. The van der Waals surface area contributed by atoms with E-state index in [9.17, 15) is 17.6 Å². The zero-order valence-electron chi connectivity index (χ0n) is 15.0. The molecule has 2 aromatic carbocycles. The number of hydrogen-bond acceptors (Lipinski definition) is 3. The van der Waals surface area contributed by atoms with Crippen molar-refractivity contribution < 1.29 is 17.6 Å². The lowest BCUT2D eigenvalue weighted by molar-refractivity contribution is -0.124. The van der Waals surface area contributed by atoms with Gasteiger partial charge in [0.2, 0.25) is 15.9 Å². The highest BCUT2D eigenvalue weighted by Crippen LogP contribution is 2.30. The van der Waals surface area contributed by atoms with Gasteiger partial charge in [-0.15, -0.1) is 0 Å². The van der Waals surface area contributed by atoms with Gasteiger partial charge in [0.25, 0.3) is 0 Å². The number of nitrogens with one attached hydrogen (secondary N) is 1. The molecule has 1 aliphatic heterocycles. The van der Waals surface area contributed by atoms with Crippen LogP contribution in [0.4, 0.5) is 4.39 Å². The van der Waals surface area contributed by atoms with E-state index in [0.717, 1.165) is 0 Å². The molecule has 0 saturated carbocycles. The van der Waals surface area contributed by atoms with Crippen LogP contribution in [0.25, 0.3) is 0 Å². The van der Waals surface area contributed by atoms with Crippen molar-refractivity contribution in [2.45, 2.75) is 36.7 Å². The molecule has 2 atom stereocenters. The van der Waals surface area contributed by atoms with E-state index >= 15 is 0 Å². The topological polar surface area (TPSA) is 66.5 Å². The van der Waals surface area contributed by atoms with E-state index in [1.54, 1.807) is 25.1 Å². The maximum atomic E-state index is 13.8. The molecule has 28 heavy (non-hydrogen) atoms. The molecule has 0 aliphatic carbocycles. The summed E-state index contributed by atoms with van der Waals surface area (Å²) in [5.74, 6) is -1.09. The molecule has 0 radical (unpaired) electrons. The summed E-state index contributed by atoms with van der Waals surface area (Å²) in [4.78, 5) is 12.9. The summed E-state index contributed by atoms with van der Waals surface area (Å²) in [5.41, 5.74) is 0.368. The first-order chi connectivity index (χ1) is 13.2.